The van der Waals surface area contributed by atoms with Crippen molar-refractivity contribution in [3.8, 4) is 5.75 Å². The van der Waals surface area contributed by atoms with E-state index < -0.39 is 22.6 Å². The molecule has 0 aliphatic carbocycles. The second kappa shape index (κ2) is 8.86. The zero-order chi connectivity index (χ0) is 21.0. The highest BCUT2D eigenvalue weighted by atomic mass is 32.2. The fourth-order valence-electron chi connectivity index (χ4n) is 3.04. The van der Waals surface area contributed by atoms with Gasteiger partial charge in [0.05, 0.1) is 30.1 Å². The average Bonchev–Trinajstić information content (AvgIpc) is 2.72. The van der Waals surface area contributed by atoms with Gasteiger partial charge < -0.3 is 14.5 Å². The summed E-state index contributed by atoms with van der Waals surface area (Å²) in [6.07, 6.45) is 2.34. The van der Waals surface area contributed by atoms with Crippen LogP contribution in [-0.2, 0) is 10.9 Å². The topological polar surface area (TPSA) is 109 Å². The lowest BCUT2D eigenvalue weighted by molar-refractivity contribution is 0.0531. The Morgan fingerprint density at radius 1 is 1.07 bits per heavy atom. The van der Waals surface area contributed by atoms with Gasteiger partial charge in [0.2, 0.25) is 10.9 Å². The van der Waals surface area contributed by atoms with E-state index >= 15 is 0 Å². The first-order valence-electron chi connectivity index (χ1n) is 8.68. The molecule has 0 radical (unpaired) electrons. The summed E-state index contributed by atoms with van der Waals surface area (Å²) in [6.45, 7) is 1.05. The highest BCUT2D eigenvalue weighted by molar-refractivity contribution is 7.73. The first-order chi connectivity index (χ1) is 13.9. The van der Waals surface area contributed by atoms with Crippen LogP contribution in [0, 0.1) is 5.82 Å². The summed E-state index contributed by atoms with van der Waals surface area (Å²) in [5.74, 6) is -1.21. The molecular weight excluding hydrogens is 403 g/mol. The van der Waals surface area contributed by atoms with Crippen LogP contribution in [0.3, 0.4) is 0 Å². The fraction of sp³-hybridized carbons (Fsp3) is 0.278. The van der Waals surface area contributed by atoms with Crippen molar-refractivity contribution in [3.63, 3.8) is 0 Å². The number of thiol groups is 1. The van der Waals surface area contributed by atoms with Crippen molar-refractivity contribution < 1.29 is 27.1 Å². The summed E-state index contributed by atoms with van der Waals surface area (Å²) < 4.78 is 42.8. The van der Waals surface area contributed by atoms with Gasteiger partial charge in [-0.15, -0.1) is 0 Å². The normalized spacial score (nSPS) is 14.0. The molecule has 0 bridgehead atoms. The number of rotatable bonds is 5. The number of amides is 2. The lowest BCUT2D eigenvalue weighted by Gasteiger charge is -2.35. The maximum absolute atomic E-state index is 13.8. The SMILES string of the molecule is COc1cc(N[SH](=O)=O)ccc1C(=O)N1CCN(C(=O)c2ccncc2F)CC1. The Labute approximate surface area is 168 Å². The molecule has 1 aromatic carbocycles. The first kappa shape index (κ1) is 20.5. The van der Waals surface area contributed by atoms with Gasteiger partial charge in [0.25, 0.3) is 11.8 Å². The summed E-state index contributed by atoms with van der Waals surface area (Å²) >= 11 is 0. The number of benzene rings is 1. The van der Waals surface area contributed by atoms with E-state index in [0.717, 1.165) is 6.20 Å². The number of ether oxygens (including phenoxy) is 1. The number of nitrogens with one attached hydrogen (secondary N) is 1. The quantitative estimate of drug-likeness (QED) is 0.689. The third-order valence-corrected chi connectivity index (χ3v) is 4.95. The van der Waals surface area contributed by atoms with E-state index in [1.165, 1.54) is 42.5 Å². The Hall–Kier alpha value is -3.21. The number of piperazine rings is 1. The van der Waals surface area contributed by atoms with Crippen LogP contribution < -0.4 is 9.46 Å². The minimum atomic E-state index is -2.83. The second-order valence-corrected chi connectivity index (χ2v) is 6.96. The molecular formula is C18H19FN4O5S. The number of pyridine rings is 1. The van der Waals surface area contributed by atoms with Crippen molar-refractivity contribution in [2.45, 2.75) is 0 Å². The van der Waals surface area contributed by atoms with E-state index in [4.69, 9.17) is 4.74 Å². The molecule has 0 saturated carbocycles. The van der Waals surface area contributed by atoms with E-state index in [2.05, 4.69) is 9.71 Å². The number of anilines is 1. The average molecular weight is 422 g/mol. The van der Waals surface area contributed by atoms with Crippen molar-refractivity contribution in [2.75, 3.05) is 38.0 Å². The zero-order valence-corrected chi connectivity index (χ0v) is 16.4. The number of carbonyl (C=O) groups is 2. The van der Waals surface area contributed by atoms with Gasteiger partial charge in [-0.1, -0.05) is 0 Å². The van der Waals surface area contributed by atoms with Crippen molar-refractivity contribution in [3.05, 3.63) is 53.6 Å². The number of nitrogens with zero attached hydrogens (tertiary/aromatic N) is 3. The fourth-order valence-corrected chi connectivity index (χ4v) is 3.39. The number of carbonyl (C=O) groups excluding carboxylic acids is 2. The smallest absolute Gasteiger partial charge is 0.257 e. The number of hydrogen-bond donors (Lipinski definition) is 2. The lowest BCUT2D eigenvalue weighted by Crippen LogP contribution is -2.50. The monoisotopic (exact) mass is 422 g/mol. The molecule has 29 heavy (non-hydrogen) atoms. The molecule has 154 valence electrons. The second-order valence-electron chi connectivity index (χ2n) is 6.22. The largest absolute Gasteiger partial charge is 0.496 e. The molecule has 1 fully saturated rings. The summed E-state index contributed by atoms with van der Waals surface area (Å²) in [6, 6.07) is 5.69. The third kappa shape index (κ3) is 4.62. The molecule has 3 rings (SSSR count). The van der Waals surface area contributed by atoms with Crippen LogP contribution in [0.5, 0.6) is 5.75 Å². The van der Waals surface area contributed by atoms with E-state index in [-0.39, 0.29) is 54.7 Å². The van der Waals surface area contributed by atoms with Crippen molar-refractivity contribution in [1.82, 2.24) is 14.8 Å². The van der Waals surface area contributed by atoms with Gasteiger partial charge in [0.1, 0.15) is 5.75 Å². The number of aromatic nitrogens is 1. The zero-order valence-electron chi connectivity index (χ0n) is 15.5. The number of methoxy groups -OCH3 is 1. The number of halogens is 1. The molecule has 1 N–H and O–H groups in total. The first-order valence-corrected chi connectivity index (χ1v) is 9.85. The minimum absolute atomic E-state index is 0.0544. The predicted molar refractivity (Wildman–Crippen MR) is 103 cm³/mol. The van der Waals surface area contributed by atoms with Gasteiger partial charge >= 0.3 is 0 Å². The Balaban J connectivity index is 1.68. The highest BCUT2D eigenvalue weighted by Gasteiger charge is 2.28. The molecule has 0 spiro atoms. The summed E-state index contributed by atoms with van der Waals surface area (Å²) in [5.41, 5.74) is 0.504. The third-order valence-electron chi connectivity index (χ3n) is 4.51. The summed E-state index contributed by atoms with van der Waals surface area (Å²) in [5, 5.41) is 0. The van der Waals surface area contributed by atoms with E-state index in [1.807, 2.05) is 0 Å². The standard InChI is InChI=1S/C18H19FN4O5S/c1-28-16-10-12(21-29(26)27)2-3-14(16)18(25)23-8-6-22(7-9-23)17(24)13-4-5-20-11-15(13)19/h2-5,10-11,29H,6-9H2,1H3,(H,21,26,27). The molecule has 11 heteroatoms. The Morgan fingerprint density at radius 2 is 1.69 bits per heavy atom. The van der Waals surface area contributed by atoms with E-state index in [9.17, 15) is 22.4 Å². The van der Waals surface area contributed by atoms with Crippen molar-refractivity contribution in [2.24, 2.45) is 0 Å². The van der Waals surface area contributed by atoms with Gasteiger partial charge in [-0.2, -0.15) is 0 Å². The molecule has 2 aromatic rings. The molecule has 1 aliphatic heterocycles. The van der Waals surface area contributed by atoms with Gasteiger partial charge in [-0.25, -0.2) is 12.8 Å². The maximum Gasteiger partial charge on any atom is 0.257 e. The van der Waals surface area contributed by atoms with Crippen molar-refractivity contribution >= 4 is 28.4 Å². The molecule has 2 heterocycles. The Bertz CT molecular complexity index is 997. The van der Waals surface area contributed by atoms with Crippen LogP contribution in [0.1, 0.15) is 20.7 Å². The molecule has 1 aliphatic rings. The summed E-state index contributed by atoms with van der Waals surface area (Å²) in [4.78, 5) is 32.0. The molecule has 0 atom stereocenters. The molecule has 1 saturated heterocycles. The van der Waals surface area contributed by atoms with Crippen LogP contribution >= 0.6 is 0 Å². The van der Waals surface area contributed by atoms with Gasteiger partial charge in [-0.3, -0.25) is 19.3 Å². The van der Waals surface area contributed by atoms with Crippen LogP contribution in [0.2, 0.25) is 0 Å². The Morgan fingerprint density at radius 3 is 2.24 bits per heavy atom. The maximum atomic E-state index is 13.8. The van der Waals surface area contributed by atoms with E-state index in [1.54, 1.807) is 4.90 Å². The van der Waals surface area contributed by atoms with Crippen LogP contribution in [0.15, 0.2) is 36.7 Å². The minimum Gasteiger partial charge on any atom is -0.496 e. The van der Waals surface area contributed by atoms with Crippen LogP contribution in [0.4, 0.5) is 10.1 Å². The van der Waals surface area contributed by atoms with Gasteiger partial charge in [0, 0.05) is 38.4 Å². The molecule has 1 aromatic heterocycles. The van der Waals surface area contributed by atoms with Crippen LogP contribution in [0.25, 0.3) is 0 Å². The van der Waals surface area contributed by atoms with Crippen molar-refractivity contribution in [1.29, 1.82) is 0 Å². The van der Waals surface area contributed by atoms with E-state index in [0.29, 0.717) is 0 Å². The summed E-state index contributed by atoms with van der Waals surface area (Å²) in [7, 11) is -1.45. The predicted octanol–water partition coefficient (Wildman–Crippen LogP) is 0.766. The molecule has 0 unspecified atom stereocenters. The number of hydrogen-bond acceptors (Lipinski definition) is 6. The molecule has 9 nitrogen and oxygen atoms in total. The molecule has 2 amide bonds. The Kier molecular flexibility index (Phi) is 6.27. The van der Waals surface area contributed by atoms with Gasteiger partial charge in [0.15, 0.2) is 5.82 Å². The highest BCUT2D eigenvalue weighted by Crippen LogP contribution is 2.25. The van der Waals surface area contributed by atoms with Gasteiger partial charge in [-0.05, 0) is 18.2 Å². The lowest BCUT2D eigenvalue weighted by atomic mass is 10.1. The van der Waals surface area contributed by atoms with Crippen LogP contribution in [-0.4, -0.2) is 68.3 Å².